The van der Waals surface area contributed by atoms with Crippen molar-refractivity contribution in [1.29, 1.82) is 0 Å². The van der Waals surface area contributed by atoms with Gasteiger partial charge in [-0.3, -0.25) is 4.57 Å². The molecule has 5 heteroatoms. The minimum Gasteiger partial charge on any atom is -0.457 e. The third kappa shape index (κ3) is 5.68. The lowest BCUT2D eigenvalue weighted by atomic mass is 9.42. The Bertz CT molecular complexity index is 3530. The fourth-order valence-corrected chi connectivity index (χ4v) is 13.8. The van der Waals surface area contributed by atoms with E-state index in [0.717, 1.165) is 63.7 Å². The summed E-state index contributed by atoms with van der Waals surface area (Å²) in [4.78, 5) is 9.96. The van der Waals surface area contributed by atoms with Gasteiger partial charge >= 0.3 is 0 Å². The topological polar surface area (TPSA) is 33.5 Å². The number of fused-ring (bicyclic) bond motifs is 7. The molecule has 4 aliphatic carbocycles. The number of benzene rings is 8. The summed E-state index contributed by atoms with van der Waals surface area (Å²) in [5.41, 5.74) is 10.8. The Labute approximate surface area is 385 Å². The Morgan fingerprint density at radius 1 is 0.515 bits per heavy atom. The summed E-state index contributed by atoms with van der Waals surface area (Å²) in [7, 11) is 2.16. The average Bonchev–Trinajstić information content (AvgIpc) is 3.88. The fraction of sp³-hybridized carbons (Fsp3) is 0.197. The van der Waals surface area contributed by atoms with Crippen molar-refractivity contribution >= 4 is 60.4 Å². The second-order valence-corrected chi connectivity index (χ2v) is 19.7. The van der Waals surface area contributed by atoms with E-state index in [1.807, 2.05) is 0 Å². The molecule has 3 heterocycles. The van der Waals surface area contributed by atoms with Crippen molar-refractivity contribution in [2.45, 2.75) is 37.5 Å². The Morgan fingerprint density at radius 3 is 2.08 bits per heavy atom. The highest BCUT2D eigenvalue weighted by Gasteiger charge is 2.59. The molecule has 0 spiro atoms. The van der Waals surface area contributed by atoms with Crippen LogP contribution in [0.3, 0.4) is 0 Å². The molecule has 0 atom stereocenters. The molecule has 0 saturated heterocycles. The lowest BCUT2D eigenvalue weighted by Gasteiger charge is -2.62. The van der Waals surface area contributed by atoms with Crippen LogP contribution in [-0.2, 0) is 5.41 Å². The van der Waals surface area contributed by atoms with E-state index in [0.29, 0.717) is 11.8 Å². The molecule has 15 rings (SSSR count). The molecule has 320 valence electrons. The highest BCUT2D eigenvalue weighted by molar-refractivity contribution is 6.10. The Balaban J connectivity index is 0.921. The summed E-state index contributed by atoms with van der Waals surface area (Å²) >= 11 is 0. The molecule has 4 bridgehead atoms. The van der Waals surface area contributed by atoms with Crippen LogP contribution in [0.25, 0.3) is 60.3 Å². The lowest BCUT2D eigenvalue weighted by Crippen LogP contribution is -2.56. The Morgan fingerprint density at radius 2 is 1.23 bits per heavy atom. The van der Waals surface area contributed by atoms with Gasteiger partial charge in [-0.1, -0.05) is 115 Å². The van der Waals surface area contributed by atoms with E-state index in [1.165, 1.54) is 86.9 Å². The first-order chi connectivity index (χ1) is 32.6. The quantitative estimate of drug-likeness (QED) is 0.150. The zero-order valence-corrected chi connectivity index (χ0v) is 37.1. The molecule has 5 nitrogen and oxygen atoms in total. The van der Waals surface area contributed by atoms with Crippen molar-refractivity contribution in [3.63, 3.8) is 0 Å². The number of hydrogen-bond donors (Lipinski definition) is 0. The molecule has 0 N–H and O–H groups in total. The number of rotatable bonds is 7. The van der Waals surface area contributed by atoms with Gasteiger partial charge in [-0.2, -0.15) is 0 Å². The van der Waals surface area contributed by atoms with Crippen LogP contribution in [0.4, 0.5) is 17.1 Å². The van der Waals surface area contributed by atoms with E-state index >= 15 is 0 Å². The first-order valence-electron chi connectivity index (χ1n) is 23.9. The largest absolute Gasteiger partial charge is 0.457 e. The second-order valence-electron chi connectivity index (χ2n) is 19.7. The van der Waals surface area contributed by atoms with Crippen molar-refractivity contribution < 1.29 is 4.74 Å². The molecule has 0 unspecified atom stereocenters. The van der Waals surface area contributed by atoms with Gasteiger partial charge in [0.15, 0.2) is 0 Å². The molecule has 0 amide bonds. The molecule has 0 radical (unpaired) electrons. The molecule has 8 aromatic carbocycles. The van der Waals surface area contributed by atoms with Crippen LogP contribution in [0.1, 0.15) is 43.2 Å². The average molecular weight is 855 g/mol. The number of ether oxygens (including phenoxy) is 1. The summed E-state index contributed by atoms with van der Waals surface area (Å²) in [5, 5.41) is 7.80. The van der Waals surface area contributed by atoms with Gasteiger partial charge in [-0.15, -0.1) is 0 Å². The maximum atomic E-state index is 7.01. The summed E-state index contributed by atoms with van der Waals surface area (Å²) < 4.78 is 9.40. The maximum absolute atomic E-state index is 7.01. The van der Waals surface area contributed by atoms with Gasteiger partial charge in [-0.05, 0) is 154 Å². The van der Waals surface area contributed by atoms with Crippen LogP contribution in [0.5, 0.6) is 11.5 Å². The van der Waals surface area contributed by atoms with Crippen molar-refractivity contribution in [3.8, 4) is 28.4 Å². The molecule has 66 heavy (non-hydrogen) atoms. The number of aromatic nitrogens is 2. The zero-order valence-electron chi connectivity index (χ0n) is 37.1. The number of hydrogen-bond acceptors (Lipinski definition) is 4. The maximum Gasteiger partial charge on any atom is 0.137 e. The fourth-order valence-electron chi connectivity index (χ4n) is 13.8. The predicted molar refractivity (Wildman–Crippen MR) is 272 cm³/mol. The molecule has 1 aliphatic heterocycles. The van der Waals surface area contributed by atoms with Gasteiger partial charge in [0.05, 0.1) is 29.1 Å². The third-order valence-corrected chi connectivity index (χ3v) is 16.2. The third-order valence-electron chi connectivity index (χ3n) is 16.2. The van der Waals surface area contributed by atoms with Crippen LogP contribution in [-0.4, -0.2) is 23.3 Å². The molecule has 2 aromatic heterocycles. The summed E-state index contributed by atoms with van der Waals surface area (Å²) in [5.74, 6) is 5.40. The van der Waals surface area contributed by atoms with Gasteiger partial charge in [0.2, 0.25) is 0 Å². The van der Waals surface area contributed by atoms with Crippen LogP contribution in [0.15, 0.2) is 188 Å². The normalized spacial score (nSPS) is 22.0. The SMILES string of the molecule is CN1CN(c2cc(Oc3ccc4c5ccccc5n(-c5cc(C6(c7cccc8c7ccc7ccccc78)C7CC8CC(C7)CC6C8)ccn5)c4c3)cc(-c3ccccc3)c2)c2ccccc21. The highest BCUT2D eigenvalue weighted by atomic mass is 16.5. The number of nitrogens with zero attached hydrogens (tertiary/aromatic N) is 4. The van der Waals surface area contributed by atoms with Crippen molar-refractivity contribution in [2.75, 3.05) is 23.5 Å². The smallest absolute Gasteiger partial charge is 0.137 e. The first-order valence-corrected chi connectivity index (χ1v) is 23.9. The van der Waals surface area contributed by atoms with E-state index < -0.39 is 0 Å². The minimum atomic E-state index is -0.105. The van der Waals surface area contributed by atoms with E-state index in [9.17, 15) is 0 Å². The molecule has 10 aromatic rings. The van der Waals surface area contributed by atoms with Crippen molar-refractivity contribution in [1.82, 2.24) is 9.55 Å². The number of anilines is 3. The molecule has 5 aliphatic rings. The Hall–Kier alpha value is -7.37. The van der Waals surface area contributed by atoms with E-state index in [1.54, 1.807) is 0 Å². The highest BCUT2D eigenvalue weighted by Crippen LogP contribution is 2.66. The van der Waals surface area contributed by atoms with E-state index in [4.69, 9.17) is 9.72 Å². The molecule has 4 fully saturated rings. The van der Waals surface area contributed by atoms with E-state index in [-0.39, 0.29) is 5.41 Å². The van der Waals surface area contributed by atoms with Crippen LogP contribution in [0.2, 0.25) is 0 Å². The molecule has 4 saturated carbocycles. The first kappa shape index (κ1) is 38.0. The van der Waals surface area contributed by atoms with Gasteiger partial charge in [0.25, 0.3) is 0 Å². The lowest BCUT2D eigenvalue weighted by molar-refractivity contribution is -0.0412. The van der Waals surface area contributed by atoms with Gasteiger partial charge in [0, 0.05) is 47.3 Å². The van der Waals surface area contributed by atoms with Crippen LogP contribution < -0.4 is 14.5 Å². The number of pyridine rings is 1. The van der Waals surface area contributed by atoms with Crippen LogP contribution in [0, 0.1) is 23.7 Å². The monoisotopic (exact) mass is 854 g/mol. The summed E-state index contributed by atoms with van der Waals surface area (Å²) in [6.07, 6.45) is 8.73. The standard InChI is InChI=1S/C61H50N4O/c1-63-38-64(58-21-10-9-20-57(58)63)47-33-43(41-12-3-2-4-13-41)34-49(36-47)66-48-23-25-54-53-16-7-8-19-56(53)65(59(54)37-48)60-35-44(26-27-62-60)61(45-29-39-28-40(31-45)32-46(61)30-39)55-18-11-17-51-50-15-6-5-14-42(50)22-24-52(51)55/h2-27,33-37,39-40,45-46H,28-32,38H2,1H3. The van der Waals surface area contributed by atoms with Crippen LogP contribution >= 0.6 is 0 Å². The van der Waals surface area contributed by atoms with Gasteiger partial charge in [-0.25, -0.2) is 4.98 Å². The Kier molecular flexibility index (Phi) is 8.38. The summed E-state index contributed by atoms with van der Waals surface area (Å²) in [6, 6.07) is 67.0. The second kappa shape index (κ2) is 14.6. The van der Waals surface area contributed by atoms with Gasteiger partial charge in [0.1, 0.15) is 17.3 Å². The number of para-hydroxylation sites is 3. The van der Waals surface area contributed by atoms with Crippen molar-refractivity contribution in [2.24, 2.45) is 23.7 Å². The van der Waals surface area contributed by atoms with Crippen molar-refractivity contribution in [3.05, 3.63) is 199 Å². The molecular weight excluding hydrogens is 805 g/mol. The minimum absolute atomic E-state index is 0.105. The summed E-state index contributed by atoms with van der Waals surface area (Å²) in [6.45, 7) is 0.760. The zero-order chi connectivity index (χ0) is 43.5. The predicted octanol–water partition coefficient (Wildman–Crippen LogP) is 15.2. The molecular formula is C61H50N4O. The van der Waals surface area contributed by atoms with E-state index in [2.05, 4.69) is 210 Å². The van der Waals surface area contributed by atoms with Gasteiger partial charge < -0.3 is 14.5 Å².